The maximum absolute atomic E-state index is 13.2. The minimum Gasteiger partial charge on any atom is -0.259 e. The smallest absolute Gasteiger partial charge is 0.234 e. The molecule has 2 aromatic rings. The lowest BCUT2D eigenvalue weighted by Gasteiger charge is -2.03. The fraction of sp³-hybridized carbons (Fsp3) is 0.250. The third-order valence-corrected chi connectivity index (χ3v) is 4.99. The first-order valence-electron chi connectivity index (χ1n) is 5.89. The van der Waals surface area contributed by atoms with Crippen LogP contribution in [0, 0.1) is 11.6 Å². The molecule has 1 aromatic carbocycles. The Morgan fingerprint density at radius 3 is 2.71 bits per heavy atom. The zero-order chi connectivity index (χ0) is 15.5. The van der Waals surface area contributed by atoms with Crippen molar-refractivity contribution in [2.75, 3.05) is 16.4 Å². The van der Waals surface area contributed by atoms with Gasteiger partial charge in [-0.15, -0.1) is 22.9 Å². The highest BCUT2D eigenvalue weighted by Crippen LogP contribution is 2.26. The normalized spacial score (nSPS) is 11.6. The number of rotatable bonds is 6. The lowest BCUT2D eigenvalue weighted by atomic mass is 10.2. The Labute approximate surface area is 129 Å². The number of thiazole rings is 1. The van der Waals surface area contributed by atoms with E-state index in [1.807, 2.05) is 0 Å². The SMILES string of the molecule is O=S(=O)(CCCCl)Nc1nc(-c2ccc(F)c(F)c2)cs1. The number of anilines is 1. The molecule has 0 radical (unpaired) electrons. The summed E-state index contributed by atoms with van der Waals surface area (Å²) >= 11 is 6.52. The van der Waals surface area contributed by atoms with E-state index in [1.54, 1.807) is 5.38 Å². The molecule has 0 fully saturated rings. The molecule has 2 rings (SSSR count). The van der Waals surface area contributed by atoms with Gasteiger partial charge in [0.05, 0.1) is 11.4 Å². The van der Waals surface area contributed by atoms with Crippen molar-refractivity contribution in [1.82, 2.24) is 4.98 Å². The number of alkyl halides is 1. The lowest BCUT2D eigenvalue weighted by molar-refractivity contribution is 0.509. The van der Waals surface area contributed by atoms with Crippen LogP contribution in [0.25, 0.3) is 11.3 Å². The summed E-state index contributed by atoms with van der Waals surface area (Å²) in [6.07, 6.45) is 0.332. The molecule has 4 nitrogen and oxygen atoms in total. The zero-order valence-corrected chi connectivity index (χ0v) is 13.0. The molecule has 9 heteroatoms. The van der Waals surface area contributed by atoms with Gasteiger partial charge in [-0.3, -0.25) is 4.72 Å². The van der Waals surface area contributed by atoms with Gasteiger partial charge in [0, 0.05) is 16.8 Å². The molecule has 0 saturated carbocycles. The zero-order valence-electron chi connectivity index (χ0n) is 10.6. The van der Waals surface area contributed by atoms with Crippen molar-refractivity contribution in [3.8, 4) is 11.3 Å². The summed E-state index contributed by atoms with van der Waals surface area (Å²) in [5.74, 6) is -1.78. The molecule has 1 N–H and O–H groups in total. The Morgan fingerprint density at radius 1 is 1.29 bits per heavy atom. The molecule has 0 aliphatic heterocycles. The highest BCUT2D eigenvalue weighted by Gasteiger charge is 2.14. The van der Waals surface area contributed by atoms with Gasteiger partial charge < -0.3 is 0 Å². The van der Waals surface area contributed by atoms with Crippen molar-refractivity contribution in [2.24, 2.45) is 0 Å². The largest absolute Gasteiger partial charge is 0.259 e. The van der Waals surface area contributed by atoms with Crippen molar-refractivity contribution in [3.05, 3.63) is 35.2 Å². The first kappa shape index (κ1) is 16.1. The summed E-state index contributed by atoms with van der Waals surface area (Å²) in [5.41, 5.74) is 0.741. The predicted molar refractivity (Wildman–Crippen MR) is 80.2 cm³/mol. The Kier molecular flexibility index (Phi) is 5.13. The Balaban J connectivity index is 2.16. The van der Waals surface area contributed by atoms with Crippen LogP contribution in [-0.4, -0.2) is 25.0 Å². The predicted octanol–water partition coefficient (Wildman–Crippen LogP) is 3.46. The molecule has 0 atom stereocenters. The standard InChI is InChI=1S/C12H11ClF2N2O2S2/c13-4-1-5-21(18,19)17-12-16-11(7-20-12)8-2-3-9(14)10(15)6-8/h2-3,6-7H,1,4-5H2,(H,16,17). The van der Waals surface area contributed by atoms with Gasteiger partial charge in [-0.05, 0) is 24.6 Å². The van der Waals surface area contributed by atoms with Gasteiger partial charge in [0.25, 0.3) is 0 Å². The molecule has 114 valence electrons. The molecule has 0 unspecified atom stereocenters. The second kappa shape index (κ2) is 6.67. The molecular formula is C12H11ClF2N2O2S2. The van der Waals surface area contributed by atoms with E-state index < -0.39 is 21.7 Å². The van der Waals surface area contributed by atoms with E-state index in [2.05, 4.69) is 9.71 Å². The van der Waals surface area contributed by atoms with Crippen LogP contribution in [0.4, 0.5) is 13.9 Å². The third kappa shape index (κ3) is 4.36. The van der Waals surface area contributed by atoms with Crippen LogP contribution in [0.3, 0.4) is 0 Å². The van der Waals surface area contributed by atoms with E-state index in [1.165, 1.54) is 6.07 Å². The van der Waals surface area contributed by atoms with Gasteiger partial charge in [0.15, 0.2) is 16.8 Å². The van der Waals surface area contributed by atoms with Crippen LogP contribution in [0.15, 0.2) is 23.6 Å². The van der Waals surface area contributed by atoms with E-state index >= 15 is 0 Å². The molecule has 0 aliphatic rings. The van der Waals surface area contributed by atoms with Gasteiger partial charge >= 0.3 is 0 Å². The fourth-order valence-corrected chi connectivity index (χ4v) is 3.90. The van der Waals surface area contributed by atoms with Gasteiger partial charge in [-0.2, -0.15) is 0 Å². The second-order valence-electron chi connectivity index (χ2n) is 4.13. The number of nitrogens with one attached hydrogen (secondary N) is 1. The van der Waals surface area contributed by atoms with E-state index in [0.29, 0.717) is 17.7 Å². The fourth-order valence-electron chi connectivity index (χ4n) is 1.54. The number of halogens is 3. The Morgan fingerprint density at radius 2 is 2.05 bits per heavy atom. The monoisotopic (exact) mass is 352 g/mol. The number of sulfonamides is 1. The molecule has 0 aliphatic carbocycles. The quantitative estimate of drug-likeness (QED) is 0.810. The van der Waals surface area contributed by atoms with E-state index in [4.69, 9.17) is 11.6 Å². The molecule has 0 saturated heterocycles. The minimum atomic E-state index is -3.50. The van der Waals surface area contributed by atoms with Gasteiger partial charge in [0.1, 0.15) is 0 Å². The molecular weight excluding hydrogens is 342 g/mol. The molecule has 0 amide bonds. The molecule has 1 aromatic heterocycles. The molecule has 0 bridgehead atoms. The summed E-state index contributed by atoms with van der Waals surface area (Å²) < 4.78 is 51.7. The summed E-state index contributed by atoms with van der Waals surface area (Å²) in [6, 6.07) is 3.38. The van der Waals surface area contributed by atoms with Crippen molar-refractivity contribution >= 4 is 38.1 Å². The van der Waals surface area contributed by atoms with Crippen molar-refractivity contribution in [3.63, 3.8) is 0 Å². The minimum absolute atomic E-state index is 0.101. The van der Waals surface area contributed by atoms with Gasteiger partial charge in [-0.25, -0.2) is 22.2 Å². The number of aromatic nitrogens is 1. The van der Waals surface area contributed by atoms with Crippen molar-refractivity contribution in [2.45, 2.75) is 6.42 Å². The summed E-state index contributed by atoms with van der Waals surface area (Å²) in [6.45, 7) is 0. The summed E-state index contributed by atoms with van der Waals surface area (Å²) in [7, 11) is -3.50. The number of hydrogen-bond acceptors (Lipinski definition) is 4. The second-order valence-corrected chi connectivity index (χ2v) is 7.21. The summed E-state index contributed by atoms with van der Waals surface area (Å²) in [4.78, 5) is 4.05. The van der Waals surface area contributed by atoms with Gasteiger partial charge in [-0.1, -0.05) is 0 Å². The van der Waals surface area contributed by atoms with Crippen LogP contribution in [0.5, 0.6) is 0 Å². The van der Waals surface area contributed by atoms with Crippen LogP contribution >= 0.6 is 22.9 Å². The Bertz CT molecular complexity index is 735. The van der Waals surface area contributed by atoms with Crippen LogP contribution < -0.4 is 4.72 Å². The third-order valence-electron chi connectivity index (χ3n) is 2.51. The van der Waals surface area contributed by atoms with E-state index in [9.17, 15) is 17.2 Å². The van der Waals surface area contributed by atoms with Gasteiger partial charge in [0.2, 0.25) is 10.0 Å². The average molecular weight is 353 g/mol. The first-order valence-corrected chi connectivity index (χ1v) is 8.95. The van der Waals surface area contributed by atoms with Crippen molar-refractivity contribution < 1.29 is 17.2 Å². The highest BCUT2D eigenvalue weighted by molar-refractivity contribution is 7.92. The average Bonchev–Trinajstić information content (AvgIpc) is 2.87. The lowest BCUT2D eigenvalue weighted by Crippen LogP contribution is -2.16. The molecule has 0 spiro atoms. The number of nitrogens with zero attached hydrogens (tertiary/aromatic N) is 1. The first-order chi connectivity index (χ1) is 9.91. The Hall–Kier alpha value is -1.25. The topological polar surface area (TPSA) is 59.1 Å². The van der Waals surface area contributed by atoms with Crippen molar-refractivity contribution in [1.29, 1.82) is 0 Å². The van der Waals surface area contributed by atoms with Crippen LogP contribution in [0.1, 0.15) is 6.42 Å². The number of benzene rings is 1. The van der Waals surface area contributed by atoms with Crippen LogP contribution in [0.2, 0.25) is 0 Å². The van der Waals surface area contributed by atoms with E-state index in [0.717, 1.165) is 23.5 Å². The molecule has 1 heterocycles. The summed E-state index contributed by atoms with van der Waals surface area (Å²) in [5, 5.41) is 1.73. The maximum atomic E-state index is 13.2. The highest BCUT2D eigenvalue weighted by atomic mass is 35.5. The number of hydrogen-bond donors (Lipinski definition) is 1. The maximum Gasteiger partial charge on any atom is 0.234 e. The van der Waals surface area contributed by atoms with Crippen LogP contribution in [-0.2, 0) is 10.0 Å². The molecule has 21 heavy (non-hydrogen) atoms. The van der Waals surface area contributed by atoms with E-state index in [-0.39, 0.29) is 16.8 Å².